The summed E-state index contributed by atoms with van der Waals surface area (Å²) in [6.07, 6.45) is 4.12. The number of hydrogen-bond donors (Lipinski definition) is 1. The third-order valence-electron chi connectivity index (χ3n) is 5.18. The molecular weight excluding hydrogens is 458 g/mol. The van der Waals surface area contributed by atoms with Gasteiger partial charge in [0.05, 0.1) is 17.7 Å². The number of hydrazone groups is 1. The highest BCUT2D eigenvalue weighted by atomic mass is 35.5. The van der Waals surface area contributed by atoms with Crippen LogP contribution in [0.15, 0.2) is 82.5 Å². The SMILES string of the molecule is COc1ccc(-n2cccc2/C=C2\C(=N)N3N=C(Cc4ccccc4)SC3=NC2=O)cc1Cl. The van der Waals surface area contributed by atoms with Crippen molar-refractivity contribution in [2.75, 3.05) is 7.11 Å². The molecule has 0 fully saturated rings. The molecule has 0 radical (unpaired) electrons. The summed E-state index contributed by atoms with van der Waals surface area (Å²) in [4.78, 5) is 17.0. The maximum atomic E-state index is 12.8. The molecule has 9 heteroatoms. The lowest BCUT2D eigenvalue weighted by Crippen LogP contribution is -2.35. The summed E-state index contributed by atoms with van der Waals surface area (Å²) >= 11 is 7.60. The van der Waals surface area contributed by atoms with Crippen LogP contribution in [0.1, 0.15) is 11.3 Å². The van der Waals surface area contributed by atoms with Gasteiger partial charge in [-0.05, 0) is 53.7 Å². The van der Waals surface area contributed by atoms with Crippen molar-refractivity contribution < 1.29 is 9.53 Å². The summed E-state index contributed by atoms with van der Waals surface area (Å²) in [7, 11) is 1.56. The van der Waals surface area contributed by atoms with Crippen LogP contribution in [0.5, 0.6) is 5.75 Å². The van der Waals surface area contributed by atoms with E-state index in [1.54, 1.807) is 25.3 Å². The lowest BCUT2D eigenvalue weighted by Gasteiger charge is -2.20. The molecule has 2 aliphatic heterocycles. The summed E-state index contributed by atoms with van der Waals surface area (Å²) in [5, 5.41) is 16.3. The average molecular weight is 476 g/mol. The van der Waals surface area contributed by atoms with Gasteiger partial charge >= 0.3 is 0 Å². The van der Waals surface area contributed by atoms with Gasteiger partial charge in [-0.1, -0.05) is 41.9 Å². The van der Waals surface area contributed by atoms with E-state index in [0.717, 1.165) is 16.3 Å². The minimum absolute atomic E-state index is 0.000995. The predicted molar refractivity (Wildman–Crippen MR) is 132 cm³/mol. The molecule has 1 aromatic heterocycles. The Kier molecular flexibility index (Phi) is 5.62. The molecule has 0 spiro atoms. The number of amides is 1. The molecule has 1 N–H and O–H groups in total. The third-order valence-corrected chi connectivity index (χ3v) is 6.38. The molecule has 33 heavy (non-hydrogen) atoms. The lowest BCUT2D eigenvalue weighted by atomic mass is 10.1. The number of aromatic nitrogens is 1. The highest BCUT2D eigenvalue weighted by Gasteiger charge is 2.35. The first-order valence-electron chi connectivity index (χ1n) is 10.1. The smallest absolute Gasteiger partial charge is 0.283 e. The highest BCUT2D eigenvalue weighted by molar-refractivity contribution is 8.26. The number of rotatable bonds is 5. The topological polar surface area (TPSA) is 83.0 Å². The van der Waals surface area contributed by atoms with Crippen molar-refractivity contribution in [3.8, 4) is 11.4 Å². The summed E-state index contributed by atoms with van der Waals surface area (Å²) < 4.78 is 7.10. The van der Waals surface area contributed by atoms with Crippen molar-refractivity contribution >= 4 is 51.4 Å². The van der Waals surface area contributed by atoms with Crippen molar-refractivity contribution in [3.63, 3.8) is 0 Å². The number of hydrogen-bond acceptors (Lipinski definition) is 5. The van der Waals surface area contributed by atoms with Crippen molar-refractivity contribution in [1.82, 2.24) is 9.58 Å². The zero-order valence-electron chi connectivity index (χ0n) is 17.5. The summed E-state index contributed by atoms with van der Waals surface area (Å²) in [6.45, 7) is 0. The van der Waals surface area contributed by atoms with Crippen molar-refractivity contribution in [1.29, 1.82) is 5.41 Å². The minimum atomic E-state index is -0.463. The van der Waals surface area contributed by atoms with Gasteiger partial charge in [-0.3, -0.25) is 10.2 Å². The largest absolute Gasteiger partial charge is 0.495 e. The van der Waals surface area contributed by atoms with Gasteiger partial charge in [0.25, 0.3) is 5.91 Å². The van der Waals surface area contributed by atoms with E-state index in [4.69, 9.17) is 21.7 Å². The first kappa shape index (κ1) is 21.2. The maximum absolute atomic E-state index is 12.8. The van der Waals surface area contributed by atoms with Gasteiger partial charge in [-0.15, -0.1) is 0 Å². The lowest BCUT2D eigenvalue weighted by molar-refractivity contribution is -0.114. The van der Waals surface area contributed by atoms with Gasteiger partial charge in [0, 0.05) is 24.0 Å². The maximum Gasteiger partial charge on any atom is 0.283 e. The van der Waals surface area contributed by atoms with Crippen molar-refractivity contribution in [2.24, 2.45) is 10.1 Å². The van der Waals surface area contributed by atoms with Crippen LogP contribution in [0.2, 0.25) is 5.02 Å². The van der Waals surface area contributed by atoms with Gasteiger partial charge < -0.3 is 9.30 Å². The zero-order valence-corrected chi connectivity index (χ0v) is 19.1. The van der Waals surface area contributed by atoms with Crippen molar-refractivity contribution in [2.45, 2.75) is 6.42 Å². The number of methoxy groups -OCH3 is 1. The molecule has 0 aliphatic carbocycles. The number of carbonyl (C=O) groups is 1. The van der Waals surface area contributed by atoms with E-state index in [0.29, 0.717) is 28.1 Å². The fourth-order valence-corrected chi connectivity index (χ4v) is 4.74. The Labute approximate surface area is 199 Å². The second-order valence-corrected chi connectivity index (χ2v) is 8.75. The van der Waals surface area contributed by atoms with Crippen LogP contribution in [0.25, 0.3) is 11.8 Å². The van der Waals surface area contributed by atoms with Crippen LogP contribution >= 0.6 is 23.4 Å². The molecule has 2 aromatic carbocycles. The molecular formula is C24H18ClN5O2S. The van der Waals surface area contributed by atoms with Crippen LogP contribution in [0.4, 0.5) is 0 Å². The van der Waals surface area contributed by atoms with Gasteiger partial charge in [-0.25, -0.2) is 0 Å². The van der Waals surface area contributed by atoms with Gasteiger partial charge in [0.2, 0.25) is 5.17 Å². The third kappa shape index (κ3) is 4.10. The molecule has 0 bridgehead atoms. The van der Waals surface area contributed by atoms with Crippen LogP contribution < -0.4 is 4.74 Å². The first-order valence-corrected chi connectivity index (χ1v) is 11.3. The Morgan fingerprint density at radius 2 is 1.97 bits per heavy atom. The van der Waals surface area contributed by atoms with E-state index in [2.05, 4.69) is 10.1 Å². The van der Waals surface area contributed by atoms with E-state index >= 15 is 0 Å². The molecule has 0 unspecified atom stereocenters. The number of carbonyl (C=O) groups excluding carboxylic acids is 1. The molecule has 5 rings (SSSR count). The standard InChI is InChI=1S/C24H18ClN5O2S/c1-32-20-10-9-17(14-19(20)25)29-11-5-8-16(29)13-18-22(26)30-24(27-23(18)31)33-21(28-30)12-15-6-3-2-4-7-15/h2-11,13-14,26H,12H2,1H3/b18-13+,26-22?. The fourth-order valence-electron chi connectivity index (χ4n) is 3.57. The van der Waals surface area contributed by atoms with Gasteiger partial charge in [0.15, 0.2) is 5.84 Å². The second-order valence-electron chi connectivity index (χ2n) is 7.30. The molecule has 3 heterocycles. The monoisotopic (exact) mass is 475 g/mol. The molecule has 7 nitrogen and oxygen atoms in total. The Balaban J connectivity index is 1.44. The second kappa shape index (κ2) is 8.73. The average Bonchev–Trinajstić information content (AvgIpc) is 3.44. The number of nitrogens with one attached hydrogen (secondary N) is 1. The number of aliphatic imine (C=N–C) groups is 1. The Morgan fingerprint density at radius 1 is 1.15 bits per heavy atom. The summed E-state index contributed by atoms with van der Waals surface area (Å²) in [5.74, 6) is 0.116. The predicted octanol–water partition coefficient (Wildman–Crippen LogP) is 5.00. The fraction of sp³-hybridized carbons (Fsp3) is 0.0833. The van der Waals surface area contributed by atoms with E-state index in [9.17, 15) is 4.79 Å². The zero-order chi connectivity index (χ0) is 22.9. The van der Waals surface area contributed by atoms with E-state index < -0.39 is 5.91 Å². The molecule has 0 saturated carbocycles. The minimum Gasteiger partial charge on any atom is -0.495 e. The number of nitrogens with zero attached hydrogens (tertiary/aromatic N) is 4. The highest BCUT2D eigenvalue weighted by Crippen LogP contribution is 2.31. The van der Waals surface area contributed by atoms with Crippen LogP contribution in [-0.4, -0.2) is 38.6 Å². The summed E-state index contributed by atoms with van der Waals surface area (Å²) in [6, 6.07) is 19.1. The van der Waals surface area contributed by atoms with E-state index in [-0.39, 0.29) is 11.4 Å². The molecule has 164 valence electrons. The Hall–Kier alpha value is -3.62. The molecule has 3 aromatic rings. The quantitative estimate of drug-likeness (QED) is 0.526. The molecule has 0 atom stereocenters. The normalized spacial score (nSPS) is 16.7. The molecule has 1 amide bonds. The number of thioether (sulfide) groups is 1. The number of amidine groups is 2. The van der Waals surface area contributed by atoms with E-state index in [1.807, 2.05) is 59.3 Å². The number of fused-ring (bicyclic) bond motifs is 1. The Bertz CT molecular complexity index is 1360. The summed E-state index contributed by atoms with van der Waals surface area (Å²) in [5.41, 5.74) is 2.79. The molecule has 2 aliphatic rings. The number of benzene rings is 2. The van der Waals surface area contributed by atoms with E-state index in [1.165, 1.54) is 16.8 Å². The van der Waals surface area contributed by atoms with Gasteiger partial charge in [-0.2, -0.15) is 15.1 Å². The van der Waals surface area contributed by atoms with Gasteiger partial charge in [0.1, 0.15) is 10.8 Å². The van der Waals surface area contributed by atoms with Crippen LogP contribution in [0.3, 0.4) is 0 Å². The molecule has 0 saturated heterocycles. The Morgan fingerprint density at radius 3 is 2.73 bits per heavy atom. The first-order chi connectivity index (χ1) is 16.0. The van der Waals surface area contributed by atoms with Crippen LogP contribution in [0, 0.1) is 5.41 Å². The number of halogens is 1. The number of ether oxygens (including phenoxy) is 1. The van der Waals surface area contributed by atoms with Crippen LogP contribution in [-0.2, 0) is 11.2 Å². The van der Waals surface area contributed by atoms with Crippen molar-refractivity contribution in [3.05, 3.63) is 88.7 Å².